The number of rotatable bonds is 8. The van der Waals surface area contributed by atoms with Crippen LogP contribution in [0.2, 0.25) is 0 Å². The maximum atomic E-state index is 13.4. The lowest BCUT2D eigenvalue weighted by Gasteiger charge is -2.31. The van der Waals surface area contributed by atoms with Crippen LogP contribution in [0.5, 0.6) is 0 Å². The van der Waals surface area contributed by atoms with Crippen molar-refractivity contribution in [2.45, 2.75) is 44.1 Å². The SMILES string of the molecule is CC(C)Cc1ccc(S(=O)(=O)N(CC(=O)N2CCNCC2)C[C@@H]2CCCO2)cc1. The average molecular weight is 424 g/mol. The minimum absolute atomic E-state index is 0.143. The lowest BCUT2D eigenvalue weighted by Crippen LogP contribution is -2.51. The molecule has 0 aliphatic carbocycles. The Labute approximate surface area is 174 Å². The molecule has 7 nitrogen and oxygen atoms in total. The lowest BCUT2D eigenvalue weighted by molar-refractivity contribution is -0.132. The smallest absolute Gasteiger partial charge is 0.243 e. The van der Waals surface area contributed by atoms with Gasteiger partial charge in [0.15, 0.2) is 0 Å². The van der Waals surface area contributed by atoms with Crippen LogP contribution >= 0.6 is 0 Å². The van der Waals surface area contributed by atoms with E-state index in [1.54, 1.807) is 17.0 Å². The van der Waals surface area contributed by atoms with Gasteiger partial charge in [-0.05, 0) is 42.9 Å². The van der Waals surface area contributed by atoms with Crippen LogP contribution in [0.1, 0.15) is 32.3 Å². The summed E-state index contributed by atoms with van der Waals surface area (Å²) in [6.07, 6.45) is 2.50. The quantitative estimate of drug-likeness (QED) is 0.685. The zero-order valence-electron chi connectivity index (χ0n) is 17.5. The van der Waals surface area contributed by atoms with Gasteiger partial charge in [-0.2, -0.15) is 4.31 Å². The molecule has 8 heteroatoms. The predicted octanol–water partition coefficient (Wildman–Crippen LogP) is 1.49. The van der Waals surface area contributed by atoms with E-state index in [-0.39, 0.29) is 30.0 Å². The van der Waals surface area contributed by atoms with Gasteiger partial charge in [0.05, 0.1) is 17.5 Å². The number of hydrogen-bond acceptors (Lipinski definition) is 5. The van der Waals surface area contributed by atoms with E-state index < -0.39 is 10.0 Å². The molecule has 0 saturated carbocycles. The summed E-state index contributed by atoms with van der Waals surface area (Å²) in [6.45, 7) is 7.68. The molecule has 1 N–H and O–H groups in total. The zero-order chi connectivity index (χ0) is 20.9. The van der Waals surface area contributed by atoms with Crippen LogP contribution in [-0.2, 0) is 26.0 Å². The molecule has 1 amide bonds. The number of nitrogens with one attached hydrogen (secondary N) is 1. The summed E-state index contributed by atoms with van der Waals surface area (Å²) in [6, 6.07) is 7.06. The summed E-state index contributed by atoms with van der Waals surface area (Å²) >= 11 is 0. The summed E-state index contributed by atoms with van der Waals surface area (Å²) in [4.78, 5) is 14.8. The number of amides is 1. The van der Waals surface area contributed by atoms with Crippen molar-refractivity contribution in [2.24, 2.45) is 5.92 Å². The Morgan fingerprint density at radius 3 is 2.52 bits per heavy atom. The second-order valence-corrected chi connectivity index (χ2v) is 10.2. The van der Waals surface area contributed by atoms with Crippen molar-refractivity contribution in [3.8, 4) is 0 Å². The second kappa shape index (κ2) is 10.0. The van der Waals surface area contributed by atoms with Crippen LogP contribution < -0.4 is 5.32 Å². The highest BCUT2D eigenvalue weighted by atomic mass is 32.2. The van der Waals surface area contributed by atoms with Crippen LogP contribution in [0.25, 0.3) is 0 Å². The van der Waals surface area contributed by atoms with Crippen molar-refractivity contribution >= 4 is 15.9 Å². The van der Waals surface area contributed by atoms with E-state index in [9.17, 15) is 13.2 Å². The summed E-state index contributed by atoms with van der Waals surface area (Å²) < 4.78 is 33.7. The number of carbonyl (C=O) groups excluding carboxylic acids is 1. The van der Waals surface area contributed by atoms with Crippen LogP contribution in [0.3, 0.4) is 0 Å². The molecule has 162 valence electrons. The van der Waals surface area contributed by atoms with Crippen molar-refractivity contribution in [3.63, 3.8) is 0 Å². The van der Waals surface area contributed by atoms with E-state index in [4.69, 9.17) is 4.74 Å². The van der Waals surface area contributed by atoms with E-state index in [2.05, 4.69) is 19.2 Å². The third-order valence-corrected chi connectivity index (χ3v) is 7.24. The number of nitrogens with zero attached hydrogens (tertiary/aromatic N) is 2. The molecule has 0 radical (unpaired) electrons. The molecule has 29 heavy (non-hydrogen) atoms. The standard InChI is InChI=1S/C21H33N3O4S/c1-17(2)14-18-5-7-20(8-6-18)29(26,27)24(15-19-4-3-13-28-19)16-21(25)23-11-9-22-10-12-23/h5-8,17,19,22H,3-4,9-16H2,1-2H3/t19-/m0/s1. The number of piperazine rings is 1. The molecule has 2 aliphatic rings. The van der Waals surface area contributed by atoms with E-state index in [1.807, 2.05) is 12.1 Å². The van der Waals surface area contributed by atoms with Crippen LogP contribution in [0.4, 0.5) is 0 Å². The average Bonchev–Trinajstić information content (AvgIpc) is 3.21. The van der Waals surface area contributed by atoms with Gasteiger partial charge in [-0.3, -0.25) is 4.79 Å². The van der Waals surface area contributed by atoms with Gasteiger partial charge in [0.2, 0.25) is 15.9 Å². The van der Waals surface area contributed by atoms with E-state index >= 15 is 0 Å². The normalized spacial score (nSPS) is 20.6. The van der Waals surface area contributed by atoms with Crippen LogP contribution in [0, 0.1) is 5.92 Å². The Bertz CT molecular complexity index is 768. The van der Waals surface area contributed by atoms with Gasteiger partial charge in [0.25, 0.3) is 0 Å². The third-order valence-electron chi connectivity index (χ3n) is 5.42. The first-order valence-corrected chi connectivity index (χ1v) is 12.0. The Morgan fingerprint density at radius 1 is 1.24 bits per heavy atom. The van der Waals surface area contributed by atoms with Crippen molar-refractivity contribution in [3.05, 3.63) is 29.8 Å². The van der Waals surface area contributed by atoms with Crippen molar-refractivity contribution < 1.29 is 17.9 Å². The summed E-state index contributed by atoms with van der Waals surface area (Å²) in [5.41, 5.74) is 1.11. The first kappa shape index (κ1) is 22.2. The molecule has 2 saturated heterocycles. The van der Waals surface area contributed by atoms with E-state index in [0.717, 1.165) is 37.9 Å². The Morgan fingerprint density at radius 2 is 1.93 bits per heavy atom. The van der Waals surface area contributed by atoms with E-state index in [1.165, 1.54) is 4.31 Å². The second-order valence-electron chi connectivity index (χ2n) is 8.31. The number of sulfonamides is 1. The zero-order valence-corrected chi connectivity index (χ0v) is 18.3. The topological polar surface area (TPSA) is 79.0 Å². The fourth-order valence-electron chi connectivity index (χ4n) is 3.85. The van der Waals surface area contributed by atoms with Crippen molar-refractivity contribution in [2.75, 3.05) is 45.9 Å². The Hall–Kier alpha value is -1.48. The molecule has 2 aliphatic heterocycles. The highest BCUT2D eigenvalue weighted by molar-refractivity contribution is 7.89. The Balaban J connectivity index is 1.77. The molecule has 2 heterocycles. The van der Waals surface area contributed by atoms with Crippen LogP contribution in [0.15, 0.2) is 29.2 Å². The van der Waals surface area contributed by atoms with Crippen LogP contribution in [-0.4, -0.2) is 75.5 Å². The van der Waals surface area contributed by atoms with Gasteiger partial charge in [0.1, 0.15) is 0 Å². The van der Waals surface area contributed by atoms with Gasteiger partial charge >= 0.3 is 0 Å². The van der Waals surface area contributed by atoms with Gasteiger partial charge < -0.3 is 15.0 Å². The number of benzene rings is 1. The molecule has 1 aromatic rings. The molecule has 0 aromatic heterocycles. The maximum Gasteiger partial charge on any atom is 0.243 e. The predicted molar refractivity (Wildman–Crippen MR) is 112 cm³/mol. The summed E-state index contributed by atoms with van der Waals surface area (Å²) in [5, 5.41) is 3.21. The monoisotopic (exact) mass is 423 g/mol. The number of ether oxygens (including phenoxy) is 1. The molecular formula is C21H33N3O4S. The molecule has 0 unspecified atom stereocenters. The van der Waals surface area contributed by atoms with Gasteiger partial charge in [-0.1, -0.05) is 26.0 Å². The van der Waals surface area contributed by atoms with Crippen molar-refractivity contribution in [1.82, 2.24) is 14.5 Å². The minimum Gasteiger partial charge on any atom is -0.377 e. The largest absolute Gasteiger partial charge is 0.377 e. The molecule has 0 spiro atoms. The van der Waals surface area contributed by atoms with Gasteiger partial charge in [0, 0.05) is 39.3 Å². The summed E-state index contributed by atoms with van der Waals surface area (Å²) in [7, 11) is -3.78. The summed E-state index contributed by atoms with van der Waals surface area (Å²) in [5.74, 6) is 0.356. The van der Waals surface area contributed by atoms with E-state index in [0.29, 0.717) is 25.6 Å². The molecule has 2 fully saturated rings. The lowest BCUT2D eigenvalue weighted by atomic mass is 10.0. The highest BCUT2D eigenvalue weighted by Crippen LogP contribution is 2.21. The number of hydrogen-bond donors (Lipinski definition) is 1. The molecule has 1 aromatic carbocycles. The van der Waals surface area contributed by atoms with Gasteiger partial charge in [-0.15, -0.1) is 0 Å². The molecular weight excluding hydrogens is 390 g/mol. The number of carbonyl (C=O) groups is 1. The maximum absolute atomic E-state index is 13.4. The van der Waals surface area contributed by atoms with Gasteiger partial charge in [-0.25, -0.2) is 8.42 Å². The minimum atomic E-state index is -3.78. The molecule has 3 rings (SSSR count). The third kappa shape index (κ3) is 6.01. The first-order chi connectivity index (χ1) is 13.9. The van der Waals surface area contributed by atoms with Crippen molar-refractivity contribution in [1.29, 1.82) is 0 Å². The highest BCUT2D eigenvalue weighted by Gasteiger charge is 2.32. The fourth-order valence-corrected chi connectivity index (χ4v) is 5.27. The molecule has 0 bridgehead atoms. The fraction of sp³-hybridized carbons (Fsp3) is 0.667. The first-order valence-electron chi connectivity index (χ1n) is 10.6. The Kier molecular flexibility index (Phi) is 7.67. The molecule has 1 atom stereocenters.